The Labute approximate surface area is 124 Å². The van der Waals surface area contributed by atoms with Gasteiger partial charge in [-0.15, -0.1) is 0 Å². The highest BCUT2D eigenvalue weighted by molar-refractivity contribution is 9.10. The number of benzene rings is 1. The minimum atomic E-state index is 0.176. The summed E-state index contributed by atoms with van der Waals surface area (Å²) in [5.74, 6) is 0.585. The molecule has 18 heavy (non-hydrogen) atoms. The predicted molar refractivity (Wildman–Crippen MR) is 83.0 cm³/mol. The third-order valence-electron chi connectivity index (χ3n) is 3.64. The molecule has 0 heterocycles. The smallest absolute Gasteiger partial charge is 0.0482 e. The van der Waals surface area contributed by atoms with Gasteiger partial charge in [-0.3, -0.25) is 4.90 Å². The molecule has 0 fully saturated rings. The first kappa shape index (κ1) is 16.0. The summed E-state index contributed by atoms with van der Waals surface area (Å²) in [5, 5.41) is 0.747. The van der Waals surface area contributed by atoms with Gasteiger partial charge in [0.25, 0.3) is 0 Å². The summed E-state index contributed by atoms with van der Waals surface area (Å²) in [7, 11) is 2.12. The lowest BCUT2D eigenvalue weighted by molar-refractivity contribution is 0.151. The molecule has 0 saturated heterocycles. The Kier molecular flexibility index (Phi) is 6.12. The lowest BCUT2D eigenvalue weighted by Crippen LogP contribution is -2.39. The van der Waals surface area contributed by atoms with E-state index in [1.807, 2.05) is 18.2 Å². The maximum atomic E-state index is 6.08. The van der Waals surface area contributed by atoms with Crippen molar-refractivity contribution in [1.82, 2.24) is 4.90 Å². The molecule has 0 spiro atoms. The molecule has 2 nitrogen and oxygen atoms in total. The highest BCUT2D eigenvalue weighted by atomic mass is 79.9. The second-order valence-corrected chi connectivity index (χ2v) is 6.36. The number of nitrogens with zero attached hydrogens (tertiary/aromatic N) is 1. The number of likely N-dealkylation sites (N-methyl/N-ethyl adjacent to an activating group) is 1. The number of hydrogen-bond acceptors (Lipinski definition) is 2. The highest BCUT2D eigenvalue weighted by Crippen LogP contribution is 2.31. The average Bonchev–Trinajstić information content (AvgIpc) is 2.33. The fourth-order valence-corrected chi connectivity index (χ4v) is 2.73. The molecule has 1 aromatic rings. The summed E-state index contributed by atoms with van der Waals surface area (Å²) in [4.78, 5) is 2.32. The molecule has 102 valence electrons. The molecule has 0 aliphatic heterocycles. The van der Waals surface area contributed by atoms with Crippen LogP contribution in [0.3, 0.4) is 0 Å². The molecular weight excluding hydrogens is 312 g/mol. The molecule has 2 atom stereocenters. The SMILES string of the molecule is CC(C)C(C)N(C)C(CN)c1cc(Cl)ccc1Br. The molecule has 1 rings (SSSR count). The Hall–Kier alpha value is -0.0900. The van der Waals surface area contributed by atoms with E-state index in [-0.39, 0.29) is 6.04 Å². The van der Waals surface area contributed by atoms with Crippen molar-refractivity contribution in [2.75, 3.05) is 13.6 Å². The molecule has 0 radical (unpaired) electrons. The Balaban J connectivity index is 3.05. The van der Waals surface area contributed by atoms with Crippen LogP contribution >= 0.6 is 27.5 Å². The largest absolute Gasteiger partial charge is 0.329 e. The summed E-state index contributed by atoms with van der Waals surface area (Å²) in [6, 6.07) is 6.50. The standard InChI is InChI=1S/C14H22BrClN2/c1-9(2)10(3)18(4)14(8-17)12-7-11(16)5-6-13(12)15/h5-7,9-10,14H,8,17H2,1-4H3. The molecule has 0 aromatic heterocycles. The van der Waals surface area contributed by atoms with Crippen molar-refractivity contribution >= 4 is 27.5 Å². The van der Waals surface area contributed by atoms with Crippen molar-refractivity contribution in [1.29, 1.82) is 0 Å². The van der Waals surface area contributed by atoms with Gasteiger partial charge in [0.1, 0.15) is 0 Å². The van der Waals surface area contributed by atoms with E-state index in [2.05, 4.69) is 48.6 Å². The zero-order valence-electron chi connectivity index (χ0n) is 11.5. The van der Waals surface area contributed by atoms with Crippen molar-refractivity contribution in [3.8, 4) is 0 Å². The van der Waals surface area contributed by atoms with Gasteiger partial charge in [-0.1, -0.05) is 41.4 Å². The molecule has 4 heteroatoms. The predicted octanol–water partition coefficient (Wildman–Crippen LogP) is 4.08. The molecular formula is C14H22BrClN2. The van der Waals surface area contributed by atoms with Gasteiger partial charge < -0.3 is 5.73 Å². The summed E-state index contributed by atoms with van der Waals surface area (Å²) >= 11 is 9.67. The molecule has 0 amide bonds. The van der Waals surface area contributed by atoms with E-state index >= 15 is 0 Å². The molecule has 0 aliphatic rings. The van der Waals surface area contributed by atoms with Crippen LogP contribution in [0.1, 0.15) is 32.4 Å². The third-order valence-corrected chi connectivity index (χ3v) is 4.60. The van der Waals surface area contributed by atoms with E-state index in [9.17, 15) is 0 Å². The van der Waals surface area contributed by atoms with E-state index in [4.69, 9.17) is 17.3 Å². The van der Waals surface area contributed by atoms with E-state index in [0.717, 1.165) is 15.1 Å². The topological polar surface area (TPSA) is 29.3 Å². The van der Waals surface area contributed by atoms with Crippen LogP contribution in [0.4, 0.5) is 0 Å². The maximum Gasteiger partial charge on any atom is 0.0482 e. The number of hydrogen-bond donors (Lipinski definition) is 1. The minimum Gasteiger partial charge on any atom is -0.329 e. The fourth-order valence-electron chi connectivity index (χ4n) is 2.04. The van der Waals surface area contributed by atoms with Crippen LogP contribution in [0, 0.1) is 5.92 Å². The molecule has 0 aliphatic carbocycles. The summed E-state index contributed by atoms with van der Waals surface area (Å²) in [6.45, 7) is 7.25. The quantitative estimate of drug-likeness (QED) is 0.880. The van der Waals surface area contributed by atoms with Crippen LogP contribution < -0.4 is 5.73 Å². The van der Waals surface area contributed by atoms with Crippen LogP contribution in [0.15, 0.2) is 22.7 Å². The zero-order chi connectivity index (χ0) is 13.9. The Morgan fingerprint density at radius 2 is 1.94 bits per heavy atom. The fraction of sp³-hybridized carbons (Fsp3) is 0.571. The lowest BCUT2D eigenvalue weighted by atomic mass is 9.99. The minimum absolute atomic E-state index is 0.176. The normalized spacial score (nSPS) is 15.2. The first-order chi connectivity index (χ1) is 8.38. The molecule has 1 aromatic carbocycles. The van der Waals surface area contributed by atoms with Crippen molar-refractivity contribution in [2.45, 2.75) is 32.9 Å². The second-order valence-electron chi connectivity index (χ2n) is 5.07. The molecule has 2 N–H and O–H groups in total. The first-order valence-electron chi connectivity index (χ1n) is 6.25. The molecule has 2 unspecified atom stereocenters. The summed E-state index contributed by atoms with van der Waals surface area (Å²) in [5.41, 5.74) is 7.11. The van der Waals surface area contributed by atoms with E-state index < -0.39 is 0 Å². The van der Waals surface area contributed by atoms with Crippen LogP contribution in [0.2, 0.25) is 5.02 Å². The van der Waals surface area contributed by atoms with E-state index in [1.54, 1.807) is 0 Å². The van der Waals surface area contributed by atoms with Gasteiger partial charge in [-0.2, -0.15) is 0 Å². The molecule has 0 bridgehead atoms. The number of halogens is 2. The van der Waals surface area contributed by atoms with Crippen LogP contribution in [-0.2, 0) is 0 Å². The van der Waals surface area contributed by atoms with Crippen molar-refractivity contribution in [3.63, 3.8) is 0 Å². The Bertz CT molecular complexity index is 395. The zero-order valence-corrected chi connectivity index (χ0v) is 13.8. The highest BCUT2D eigenvalue weighted by Gasteiger charge is 2.23. The van der Waals surface area contributed by atoms with Crippen molar-refractivity contribution in [3.05, 3.63) is 33.3 Å². The summed E-state index contributed by atoms with van der Waals surface area (Å²) in [6.07, 6.45) is 0. The van der Waals surface area contributed by atoms with Crippen LogP contribution in [-0.4, -0.2) is 24.5 Å². The number of nitrogens with two attached hydrogens (primary N) is 1. The maximum absolute atomic E-state index is 6.08. The van der Waals surface area contributed by atoms with Gasteiger partial charge in [0.15, 0.2) is 0 Å². The van der Waals surface area contributed by atoms with Crippen LogP contribution in [0.5, 0.6) is 0 Å². The third kappa shape index (κ3) is 3.70. The molecule has 0 saturated carbocycles. The van der Waals surface area contributed by atoms with Gasteiger partial charge in [0.2, 0.25) is 0 Å². The van der Waals surface area contributed by atoms with Gasteiger partial charge in [0, 0.05) is 28.1 Å². The van der Waals surface area contributed by atoms with Gasteiger partial charge in [-0.25, -0.2) is 0 Å². The first-order valence-corrected chi connectivity index (χ1v) is 7.42. The average molecular weight is 334 g/mol. The lowest BCUT2D eigenvalue weighted by Gasteiger charge is -2.35. The van der Waals surface area contributed by atoms with Gasteiger partial charge >= 0.3 is 0 Å². The van der Waals surface area contributed by atoms with Crippen LogP contribution in [0.25, 0.3) is 0 Å². The monoisotopic (exact) mass is 332 g/mol. The van der Waals surface area contributed by atoms with Gasteiger partial charge in [-0.05, 0) is 43.7 Å². The van der Waals surface area contributed by atoms with Crippen molar-refractivity contribution < 1.29 is 0 Å². The van der Waals surface area contributed by atoms with Gasteiger partial charge in [0.05, 0.1) is 0 Å². The Morgan fingerprint density at radius 1 is 1.33 bits per heavy atom. The number of rotatable bonds is 5. The van der Waals surface area contributed by atoms with E-state index in [1.165, 1.54) is 0 Å². The second kappa shape index (κ2) is 6.90. The van der Waals surface area contributed by atoms with Crippen molar-refractivity contribution in [2.24, 2.45) is 11.7 Å². The Morgan fingerprint density at radius 3 is 2.44 bits per heavy atom. The summed E-state index contributed by atoms with van der Waals surface area (Å²) < 4.78 is 1.06. The van der Waals surface area contributed by atoms with E-state index in [0.29, 0.717) is 18.5 Å².